The van der Waals surface area contributed by atoms with Crippen LogP contribution in [0.3, 0.4) is 0 Å². The Hall–Kier alpha value is -3.13. The summed E-state index contributed by atoms with van der Waals surface area (Å²) in [5.74, 6) is 0.0441. The van der Waals surface area contributed by atoms with Gasteiger partial charge in [0.05, 0.1) is 23.0 Å². The van der Waals surface area contributed by atoms with Crippen molar-refractivity contribution in [2.45, 2.75) is 19.9 Å². The summed E-state index contributed by atoms with van der Waals surface area (Å²) in [5, 5.41) is 17.8. The second-order valence-corrected chi connectivity index (χ2v) is 6.74. The number of nitrogens with one attached hydrogen (secondary N) is 2. The van der Waals surface area contributed by atoms with Gasteiger partial charge in [-0.05, 0) is 38.1 Å². The van der Waals surface area contributed by atoms with Gasteiger partial charge in [0.15, 0.2) is 16.6 Å². The Balaban J connectivity index is 1.60. The SMILES string of the molecule is CCOc1cccc(/C=N/NC(=O)[C@H](C)Nc2nc3ccccc3s2)c1O. The van der Waals surface area contributed by atoms with Crippen LogP contribution in [0.15, 0.2) is 47.6 Å². The Morgan fingerprint density at radius 2 is 2.15 bits per heavy atom. The molecule has 27 heavy (non-hydrogen) atoms. The fourth-order valence-corrected chi connectivity index (χ4v) is 3.32. The summed E-state index contributed by atoms with van der Waals surface area (Å²) in [4.78, 5) is 16.7. The standard InChI is InChI=1S/C19H20N4O3S/c1-3-26-15-9-6-7-13(17(15)24)11-20-23-18(25)12(2)21-19-22-14-8-4-5-10-16(14)27-19/h4-12,24H,3H2,1-2H3,(H,21,22)(H,23,25)/b20-11+/t12-/m0/s1. The molecule has 0 radical (unpaired) electrons. The smallest absolute Gasteiger partial charge is 0.262 e. The van der Waals surface area contributed by atoms with E-state index in [9.17, 15) is 9.90 Å². The molecule has 0 saturated carbocycles. The number of anilines is 1. The molecule has 0 fully saturated rings. The number of thiazole rings is 1. The summed E-state index contributed by atoms with van der Waals surface area (Å²) in [5.41, 5.74) is 3.80. The number of ether oxygens (including phenoxy) is 1. The zero-order valence-corrected chi connectivity index (χ0v) is 15.8. The molecular formula is C19H20N4O3S. The minimum absolute atomic E-state index is 0.0157. The van der Waals surface area contributed by atoms with E-state index in [1.807, 2.05) is 31.2 Å². The first-order chi connectivity index (χ1) is 13.1. The first-order valence-corrected chi connectivity index (χ1v) is 9.30. The zero-order chi connectivity index (χ0) is 19.2. The van der Waals surface area contributed by atoms with E-state index < -0.39 is 6.04 Å². The fraction of sp³-hybridized carbons (Fsp3) is 0.211. The van der Waals surface area contributed by atoms with E-state index in [1.54, 1.807) is 25.1 Å². The van der Waals surface area contributed by atoms with Gasteiger partial charge >= 0.3 is 0 Å². The zero-order valence-electron chi connectivity index (χ0n) is 15.0. The number of amides is 1. The van der Waals surface area contributed by atoms with Crippen molar-refractivity contribution in [1.82, 2.24) is 10.4 Å². The van der Waals surface area contributed by atoms with Crippen molar-refractivity contribution in [3.63, 3.8) is 0 Å². The lowest BCUT2D eigenvalue weighted by atomic mass is 10.2. The highest BCUT2D eigenvalue weighted by atomic mass is 32.1. The number of aromatic nitrogens is 1. The van der Waals surface area contributed by atoms with E-state index >= 15 is 0 Å². The highest BCUT2D eigenvalue weighted by Crippen LogP contribution is 2.28. The third kappa shape index (κ3) is 4.53. The van der Waals surface area contributed by atoms with Gasteiger partial charge in [-0.2, -0.15) is 5.10 Å². The van der Waals surface area contributed by atoms with Gasteiger partial charge in [-0.15, -0.1) is 0 Å². The summed E-state index contributed by atoms with van der Waals surface area (Å²) < 4.78 is 6.37. The molecule has 1 atom stereocenters. The van der Waals surface area contributed by atoms with Gasteiger partial charge < -0.3 is 15.2 Å². The lowest BCUT2D eigenvalue weighted by Crippen LogP contribution is -2.34. The van der Waals surface area contributed by atoms with Crippen LogP contribution >= 0.6 is 11.3 Å². The van der Waals surface area contributed by atoms with Gasteiger partial charge in [-0.1, -0.05) is 29.5 Å². The average molecular weight is 384 g/mol. The molecule has 0 saturated heterocycles. The number of para-hydroxylation sites is 2. The van der Waals surface area contributed by atoms with Crippen LogP contribution in [-0.4, -0.2) is 34.9 Å². The molecular weight excluding hydrogens is 364 g/mol. The number of benzene rings is 2. The summed E-state index contributed by atoms with van der Waals surface area (Å²) in [6, 6.07) is 12.3. The maximum atomic E-state index is 12.2. The van der Waals surface area contributed by atoms with Crippen molar-refractivity contribution in [2.75, 3.05) is 11.9 Å². The predicted molar refractivity (Wildman–Crippen MR) is 108 cm³/mol. The first kappa shape index (κ1) is 18.7. The molecule has 0 aliphatic rings. The number of hydrazone groups is 1. The van der Waals surface area contributed by atoms with Crippen LogP contribution in [0.2, 0.25) is 0 Å². The summed E-state index contributed by atoms with van der Waals surface area (Å²) in [6.07, 6.45) is 1.38. The third-order valence-electron chi connectivity index (χ3n) is 3.74. The number of aromatic hydroxyl groups is 1. The molecule has 3 aromatic rings. The Morgan fingerprint density at radius 1 is 1.33 bits per heavy atom. The number of phenolic OH excluding ortho intramolecular Hbond substituents is 1. The van der Waals surface area contributed by atoms with Gasteiger partial charge in [0.2, 0.25) is 0 Å². The van der Waals surface area contributed by atoms with Crippen molar-refractivity contribution < 1.29 is 14.6 Å². The molecule has 7 nitrogen and oxygen atoms in total. The minimum atomic E-state index is -0.522. The third-order valence-corrected chi connectivity index (χ3v) is 4.70. The second kappa shape index (κ2) is 8.50. The lowest BCUT2D eigenvalue weighted by Gasteiger charge is -2.10. The number of phenols is 1. The van der Waals surface area contributed by atoms with Crippen LogP contribution in [0.1, 0.15) is 19.4 Å². The monoisotopic (exact) mass is 384 g/mol. The van der Waals surface area contributed by atoms with Gasteiger partial charge in [-0.3, -0.25) is 4.79 Å². The predicted octanol–water partition coefficient (Wildman–Crippen LogP) is 3.35. The van der Waals surface area contributed by atoms with Crippen molar-refractivity contribution in [3.8, 4) is 11.5 Å². The van der Waals surface area contributed by atoms with E-state index in [4.69, 9.17) is 4.74 Å². The van der Waals surface area contributed by atoms with Crippen molar-refractivity contribution in [3.05, 3.63) is 48.0 Å². The Labute approximate surface area is 160 Å². The number of hydrogen-bond acceptors (Lipinski definition) is 7. The molecule has 0 aliphatic carbocycles. The van der Waals surface area contributed by atoms with Crippen LogP contribution in [0.4, 0.5) is 5.13 Å². The van der Waals surface area contributed by atoms with E-state index in [0.717, 1.165) is 10.2 Å². The Bertz CT molecular complexity index is 937. The Morgan fingerprint density at radius 3 is 2.93 bits per heavy atom. The number of fused-ring (bicyclic) bond motifs is 1. The van der Waals surface area contributed by atoms with E-state index in [2.05, 4.69) is 20.8 Å². The topological polar surface area (TPSA) is 95.8 Å². The van der Waals surface area contributed by atoms with Crippen LogP contribution in [0.25, 0.3) is 10.2 Å². The van der Waals surface area contributed by atoms with Gasteiger partial charge in [-0.25, -0.2) is 10.4 Å². The molecule has 0 unspecified atom stereocenters. The molecule has 1 amide bonds. The van der Waals surface area contributed by atoms with Crippen LogP contribution in [0, 0.1) is 0 Å². The van der Waals surface area contributed by atoms with Crippen molar-refractivity contribution >= 4 is 38.8 Å². The van der Waals surface area contributed by atoms with Crippen LogP contribution in [0.5, 0.6) is 11.5 Å². The fourth-order valence-electron chi connectivity index (χ4n) is 2.36. The van der Waals surface area contributed by atoms with Crippen molar-refractivity contribution in [2.24, 2.45) is 5.10 Å². The maximum Gasteiger partial charge on any atom is 0.262 e. The quantitative estimate of drug-likeness (QED) is 0.429. The largest absolute Gasteiger partial charge is 0.504 e. The molecule has 1 heterocycles. The highest BCUT2D eigenvalue weighted by Gasteiger charge is 2.14. The van der Waals surface area contributed by atoms with Gasteiger partial charge in [0.1, 0.15) is 6.04 Å². The number of nitrogens with zero attached hydrogens (tertiary/aromatic N) is 2. The average Bonchev–Trinajstić information content (AvgIpc) is 3.07. The first-order valence-electron chi connectivity index (χ1n) is 8.48. The summed E-state index contributed by atoms with van der Waals surface area (Å²) in [6.45, 7) is 4.00. The molecule has 3 N–H and O–H groups in total. The maximum absolute atomic E-state index is 12.2. The molecule has 0 spiro atoms. The van der Waals surface area contributed by atoms with E-state index in [-0.39, 0.29) is 11.7 Å². The summed E-state index contributed by atoms with van der Waals surface area (Å²) in [7, 11) is 0. The van der Waals surface area contributed by atoms with Gasteiger partial charge in [0, 0.05) is 5.56 Å². The second-order valence-electron chi connectivity index (χ2n) is 5.71. The molecule has 1 aromatic heterocycles. The number of carbonyl (C=O) groups excluding carboxylic acids is 1. The lowest BCUT2D eigenvalue weighted by molar-refractivity contribution is -0.121. The molecule has 2 aromatic carbocycles. The molecule has 140 valence electrons. The highest BCUT2D eigenvalue weighted by molar-refractivity contribution is 7.22. The molecule has 0 aliphatic heterocycles. The van der Waals surface area contributed by atoms with Crippen LogP contribution < -0.4 is 15.5 Å². The van der Waals surface area contributed by atoms with Crippen LogP contribution in [-0.2, 0) is 4.79 Å². The van der Waals surface area contributed by atoms with Gasteiger partial charge in [0.25, 0.3) is 5.91 Å². The van der Waals surface area contributed by atoms with E-state index in [1.165, 1.54) is 17.6 Å². The van der Waals surface area contributed by atoms with E-state index in [0.29, 0.717) is 23.1 Å². The van der Waals surface area contributed by atoms with Crippen molar-refractivity contribution in [1.29, 1.82) is 0 Å². The minimum Gasteiger partial charge on any atom is -0.504 e. The molecule has 0 bridgehead atoms. The number of hydrogen-bond donors (Lipinski definition) is 3. The number of carbonyl (C=O) groups is 1. The number of rotatable bonds is 7. The summed E-state index contributed by atoms with van der Waals surface area (Å²) >= 11 is 1.48. The molecule has 8 heteroatoms. The Kier molecular flexibility index (Phi) is 5.87. The normalized spacial score (nSPS) is 12.2. The molecule has 3 rings (SSSR count).